The van der Waals surface area contributed by atoms with Gasteiger partial charge in [-0.1, -0.05) is 25.4 Å². The molecule has 104 valence electrons. The van der Waals surface area contributed by atoms with Crippen molar-refractivity contribution >= 4 is 28.6 Å². The van der Waals surface area contributed by atoms with E-state index in [1.54, 1.807) is 6.33 Å². The number of aryl methyl sites for hydroxylation is 1. The van der Waals surface area contributed by atoms with Crippen LogP contribution in [0, 0.1) is 5.92 Å². The van der Waals surface area contributed by atoms with Crippen molar-refractivity contribution in [3.8, 4) is 0 Å². The van der Waals surface area contributed by atoms with Gasteiger partial charge < -0.3 is 9.47 Å². The molecule has 0 aliphatic carbocycles. The SMILES string of the molecule is CC(C)C(C)(C)N(C)c1cc(Cl)c2ncn(C)c2n1. The molecule has 0 saturated carbocycles. The van der Waals surface area contributed by atoms with E-state index in [1.807, 2.05) is 17.7 Å². The van der Waals surface area contributed by atoms with Crippen LogP contribution in [0.3, 0.4) is 0 Å². The average Bonchev–Trinajstić information content (AvgIpc) is 2.70. The molecule has 0 bridgehead atoms. The molecule has 19 heavy (non-hydrogen) atoms. The molecule has 2 heterocycles. The number of halogens is 1. The molecule has 0 unspecified atom stereocenters. The zero-order valence-electron chi connectivity index (χ0n) is 12.4. The lowest BCUT2D eigenvalue weighted by Gasteiger charge is -2.40. The zero-order chi connectivity index (χ0) is 14.4. The number of hydrogen-bond acceptors (Lipinski definition) is 3. The summed E-state index contributed by atoms with van der Waals surface area (Å²) in [6, 6.07) is 1.89. The number of hydrogen-bond donors (Lipinski definition) is 0. The minimum Gasteiger partial charge on any atom is -0.354 e. The number of aromatic nitrogens is 3. The van der Waals surface area contributed by atoms with Crippen LogP contribution in [0.1, 0.15) is 27.7 Å². The van der Waals surface area contributed by atoms with Gasteiger partial charge in [-0.05, 0) is 19.8 Å². The van der Waals surface area contributed by atoms with E-state index in [-0.39, 0.29) is 5.54 Å². The van der Waals surface area contributed by atoms with E-state index in [1.165, 1.54) is 0 Å². The summed E-state index contributed by atoms with van der Waals surface area (Å²) in [4.78, 5) is 11.1. The Balaban J connectivity index is 2.54. The molecule has 2 aromatic heterocycles. The number of nitrogens with zero attached hydrogens (tertiary/aromatic N) is 4. The molecule has 0 atom stereocenters. The van der Waals surface area contributed by atoms with Gasteiger partial charge in [-0.25, -0.2) is 9.97 Å². The van der Waals surface area contributed by atoms with Crippen molar-refractivity contribution in [3.63, 3.8) is 0 Å². The molecular weight excluding hydrogens is 260 g/mol. The lowest BCUT2D eigenvalue weighted by Crippen LogP contribution is -2.46. The van der Waals surface area contributed by atoms with Crippen molar-refractivity contribution < 1.29 is 0 Å². The third kappa shape index (κ3) is 2.29. The Kier molecular flexibility index (Phi) is 3.47. The van der Waals surface area contributed by atoms with Crippen LogP contribution in [0.15, 0.2) is 12.4 Å². The summed E-state index contributed by atoms with van der Waals surface area (Å²) in [6.07, 6.45) is 1.74. The number of rotatable bonds is 3. The second-order valence-electron chi connectivity index (χ2n) is 5.86. The van der Waals surface area contributed by atoms with E-state index in [4.69, 9.17) is 11.6 Å². The molecule has 0 N–H and O–H groups in total. The molecule has 4 nitrogen and oxygen atoms in total. The van der Waals surface area contributed by atoms with Gasteiger partial charge in [0.25, 0.3) is 0 Å². The maximum Gasteiger partial charge on any atom is 0.163 e. The van der Waals surface area contributed by atoms with Gasteiger partial charge in [-0.2, -0.15) is 0 Å². The highest BCUT2D eigenvalue weighted by Crippen LogP contribution is 2.31. The predicted octanol–water partition coefficient (Wildman–Crippen LogP) is 3.49. The van der Waals surface area contributed by atoms with Crippen LogP contribution in [0.2, 0.25) is 5.02 Å². The predicted molar refractivity (Wildman–Crippen MR) is 80.8 cm³/mol. The van der Waals surface area contributed by atoms with Gasteiger partial charge in [0, 0.05) is 25.7 Å². The van der Waals surface area contributed by atoms with Crippen LogP contribution < -0.4 is 4.90 Å². The zero-order valence-corrected chi connectivity index (χ0v) is 13.2. The Morgan fingerprint density at radius 3 is 2.58 bits per heavy atom. The van der Waals surface area contributed by atoms with Crippen LogP contribution in [0.5, 0.6) is 0 Å². The first kappa shape index (κ1) is 14.1. The Labute approximate surface area is 119 Å². The molecule has 0 aromatic carbocycles. The first-order valence-electron chi connectivity index (χ1n) is 6.46. The Bertz CT molecular complexity index is 601. The summed E-state index contributed by atoms with van der Waals surface area (Å²) >= 11 is 6.31. The first-order chi connectivity index (χ1) is 8.75. The first-order valence-corrected chi connectivity index (χ1v) is 6.84. The normalized spacial score (nSPS) is 12.4. The van der Waals surface area contributed by atoms with E-state index in [2.05, 4.69) is 49.6 Å². The smallest absolute Gasteiger partial charge is 0.163 e. The van der Waals surface area contributed by atoms with Crippen LogP contribution in [-0.2, 0) is 7.05 Å². The van der Waals surface area contributed by atoms with Crippen molar-refractivity contribution in [1.29, 1.82) is 0 Å². The highest BCUT2D eigenvalue weighted by Gasteiger charge is 2.29. The van der Waals surface area contributed by atoms with Crippen LogP contribution in [0.4, 0.5) is 5.82 Å². The van der Waals surface area contributed by atoms with Crippen molar-refractivity contribution in [2.45, 2.75) is 33.2 Å². The summed E-state index contributed by atoms with van der Waals surface area (Å²) < 4.78 is 1.89. The van der Waals surface area contributed by atoms with Crippen molar-refractivity contribution in [2.24, 2.45) is 13.0 Å². The monoisotopic (exact) mass is 280 g/mol. The van der Waals surface area contributed by atoms with Crippen molar-refractivity contribution in [2.75, 3.05) is 11.9 Å². The van der Waals surface area contributed by atoms with Gasteiger partial charge in [0.1, 0.15) is 11.3 Å². The van der Waals surface area contributed by atoms with E-state index in [0.29, 0.717) is 10.9 Å². The molecule has 0 fully saturated rings. The Morgan fingerprint density at radius 2 is 2.00 bits per heavy atom. The molecule has 2 rings (SSSR count). The largest absolute Gasteiger partial charge is 0.354 e. The van der Waals surface area contributed by atoms with Gasteiger partial charge in [-0.15, -0.1) is 0 Å². The molecule has 0 aliphatic heterocycles. The van der Waals surface area contributed by atoms with E-state index >= 15 is 0 Å². The van der Waals surface area contributed by atoms with Gasteiger partial charge in [0.2, 0.25) is 0 Å². The average molecular weight is 281 g/mol. The standard InChI is InChI=1S/C14H21ClN4/c1-9(2)14(3,4)19(6)11-7-10(15)12-13(17-11)18(5)8-16-12/h7-9H,1-6H3. The summed E-state index contributed by atoms with van der Waals surface area (Å²) in [6.45, 7) is 8.84. The second-order valence-corrected chi connectivity index (χ2v) is 6.26. The topological polar surface area (TPSA) is 34.0 Å². The van der Waals surface area contributed by atoms with Crippen molar-refractivity contribution in [3.05, 3.63) is 17.4 Å². The van der Waals surface area contributed by atoms with E-state index < -0.39 is 0 Å². The summed E-state index contributed by atoms with van der Waals surface area (Å²) in [5.74, 6) is 1.38. The third-order valence-electron chi connectivity index (χ3n) is 4.23. The molecule has 0 aliphatic rings. The molecule has 0 spiro atoms. The highest BCUT2D eigenvalue weighted by molar-refractivity contribution is 6.35. The fourth-order valence-corrected chi connectivity index (χ4v) is 2.13. The fraction of sp³-hybridized carbons (Fsp3) is 0.571. The quantitative estimate of drug-likeness (QED) is 0.863. The van der Waals surface area contributed by atoms with E-state index in [9.17, 15) is 0 Å². The minimum atomic E-state index is 0.00258. The highest BCUT2D eigenvalue weighted by atomic mass is 35.5. The molecule has 0 saturated heterocycles. The summed E-state index contributed by atoms with van der Waals surface area (Å²) in [7, 11) is 3.98. The molecule has 5 heteroatoms. The molecular formula is C14H21ClN4. The number of fused-ring (bicyclic) bond motifs is 1. The maximum absolute atomic E-state index is 6.31. The molecule has 2 aromatic rings. The minimum absolute atomic E-state index is 0.00258. The van der Waals surface area contributed by atoms with E-state index in [0.717, 1.165) is 17.0 Å². The van der Waals surface area contributed by atoms with Gasteiger partial charge in [0.05, 0.1) is 11.3 Å². The molecule has 0 radical (unpaired) electrons. The number of imidazole rings is 1. The number of pyridine rings is 1. The summed E-state index contributed by atoms with van der Waals surface area (Å²) in [5.41, 5.74) is 1.57. The van der Waals surface area contributed by atoms with Crippen molar-refractivity contribution in [1.82, 2.24) is 14.5 Å². The lowest BCUT2D eigenvalue weighted by atomic mass is 9.89. The second kappa shape index (κ2) is 4.67. The van der Waals surface area contributed by atoms with Gasteiger partial charge in [-0.3, -0.25) is 0 Å². The number of anilines is 1. The van der Waals surface area contributed by atoms with Gasteiger partial charge in [0.15, 0.2) is 5.65 Å². The maximum atomic E-state index is 6.31. The molecule has 0 amide bonds. The van der Waals surface area contributed by atoms with Crippen LogP contribution in [0.25, 0.3) is 11.2 Å². The van der Waals surface area contributed by atoms with Gasteiger partial charge >= 0.3 is 0 Å². The lowest BCUT2D eigenvalue weighted by molar-refractivity contribution is 0.353. The van der Waals surface area contributed by atoms with Crippen LogP contribution >= 0.6 is 11.6 Å². The summed E-state index contributed by atoms with van der Waals surface area (Å²) in [5, 5.41) is 0.645. The Hall–Kier alpha value is -1.29. The third-order valence-corrected chi connectivity index (χ3v) is 4.52. The van der Waals surface area contributed by atoms with Crippen LogP contribution in [-0.4, -0.2) is 27.1 Å². The Morgan fingerprint density at radius 1 is 1.37 bits per heavy atom. The fourth-order valence-electron chi connectivity index (χ4n) is 1.90.